The van der Waals surface area contributed by atoms with Crippen molar-refractivity contribution in [1.82, 2.24) is 21.3 Å². The van der Waals surface area contributed by atoms with E-state index in [4.69, 9.17) is 9.47 Å². The van der Waals surface area contributed by atoms with Crippen molar-refractivity contribution in [2.45, 2.75) is 77.7 Å². The van der Waals surface area contributed by atoms with Crippen molar-refractivity contribution < 1.29 is 43.3 Å². The second-order valence-electron chi connectivity index (χ2n) is 12.3. The van der Waals surface area contributed by atoms with Gasteiger partial charge in [0.05, 0.1) is 6.42 Å². The van der Waals surface area contributed by atoms with Gasteiger partial charge in [0, 0.05) is 24.3 Å². The Kier molecular flexibility index (Phi) is 13.5. The van der Waals surface area contributed by atoms with E-state index in [1.54, 1.807) is 71.9 Å². The zero-order valence-corrected chi connectivity index (χ0v) is 26.9. The second kappa shape index (κ2) is 16.8. The third-order valence-corrected chi connectivity index (χ3v) is 5.75. The number of carbonyl (C=O) groups excluding carboxylic acids is 5. The largest absolute Gasteiger partial charge is 0.481 e. The summed E-state index contributed by atoms with van der Waals surface area (Å²) in [6.07, 6.45) is -0.897. The molecule has 0 unspecified atom stereocenters. The minimum Gasteiger partial charge on any atom is -0.481 e. The molecule has 250 valence electrons. The third kappa shape index (κ3) is 14.1. The Morgan fingerprint density at radius 3 is 2.02 bits per heavy atom. The molecule has 5 amide bonds. The fourth-order valence-electron chi connectivity index (χ4n) is 3.86. The quantitative estimate of drug-likeness (QED) is 0.140. The second-order valence-corrected chi connectivity index (χ2v) is 12.3. The number of carboxylic acid groups (broad SMARTS) is 1. The van der Waals surface area contributed by atoms with Crippen LogP contribution < -0.4 is 26.6 Å². The number of urea groups is 1. The maximum absolute atomic E-state index is 13.3. The Morgan fingerprint density at radius 1 is 0.783 bits per heavy atom. The number of hydrogen-bond donors (Lipinski definition) is 6. The van der Waals surface area contributed by atoms with Crippen molar-refractivity contribution in [3.05, 3.63) is 65.7 Å². The SMILES string of the molecule is CC(C)(C)OC(=O)NCCCNC(=O)Nc1cccc(C(=O)N[C@@H](CC(=O)O)C(=O)N[C@H](C(=O)OC(C)(C)C)c2ccccc2)c1. The van der Waals surface area contributed by atoms with E-state index < -0.39 is 65.6 Å². The Labute approximate surface area is 268 Å². The molecule has 0 heterocycles. The van der Waals surface area contributed by atoms with Gasteiger partial charge in [-0.3, -0.25) is 14.4 Å². The zero-order chi connectivity index (χ0) is 34.5. The van der Waals surface area contributed by atoms with E-state index in [1.807, 2.05) is 0 Å². The van der Waals surface area contributed by atoms with Gasteiger partial charge in [0.15, 0.2) is 6.04 Å². The topological polar surface area (TPSA) is 201 Å². The Balaban J connectivity index is 2.03. The highest BCUT2D eigenvalue weighted by atomic mass is 16.6. The van der Waals surface area contributed by atoms with Crippen LogP contribution in [-0.2, 0) is 23.9 Å². The molecule has 0 aliphatic heterocycles. The summed E-state index contributed by atoms with van der Waals surface area (Å²) >= 11 is 0. The Bertz CT molecular complexity index is 1380. The van der Waals surface area contributed by atoms with Crippen LogP contribution in [0.2, 0.25) is 0 Å². The molecule has 0 spiro atoms. The van der Waals surface area contributed by atoms with Crippen molar-refractivity contribution in [2.24, 2.45) is 0 Å². The molecule has 46 heavy (non-hydrogen) atoms. The van der Waals surface area contributed by atoms with Crippen LogP contribution in [0.4, 0.5) is 15.3 Å². The van der Waals surface area contributed by atoms with E-state index in [1.165, 1.54) is 24.3 Å². The normalized spacial score (nSPS) is 12.5. The van der Waals surface area contributed by atoms with E-state index in [-0.39, 0.29) is 24.3 Å². The maximum Gasteiger partial charge on any atom is 0.407 e. The number of anilines is 1. The molecule has 0 aliphatic carbocycles. The molecule has 0 fully saturated rings. The Hall–Kier alpha value is -5.14. The first-order valence-electron chi connectivity index (χ1n) is 14.7. The molecular formula is C32H43N5O9. The molecule has 6 N–H and O–H groups in total. The molecule has 14 nitrogen and oxygen atoms in total. The first-order valence-corrected chi connectivity index (χ1v) is 14.7. The number of carbonyl (C=O) groups is 6. The lowest BCUT2D eigenvalue weighted by molar-refractivity contribution is -0.159. The average molecular weight is 642 g/mol. The standard InChI is InChI=1S/C32H43N5O9/c1-31(2,3)45-28(42)25(20-12-8-7-9-13-20)37-27(41)23(19-24(38)39)36-26(40)21-14-10-15-22(18-21)35-29(43)33-16-11-17-34-30(44)46-32(4,5)6/h7-10,12-15,18,23,25H,11,16-17,19H2,1-6H3,(H,34,44)(H,36,40)(H,37,41)(H,38,39)(H2,33,35,43)/t23-,25-/m0/s1. The van der Waals surface area contributed by atoms with Gasteiger partial charge in [0.1, 0.15) is 17.2 Å². The van der Waals surface area contributed by atoms with Gasteiger partial charge in [0.2, 0.25) is 5.91 Å². The summed E-state index contributed by atoms with van der Waals surface area (Å²) in [5, 5.41) is 22.2. The number of esters is 1. The van der Waals surface area contributed by atoms with E-state index in [9.17, 15) is 33.9 Å². The number of hydrogen-bond acceptors (Lipinski definition) is 8. The number of alkyl carbamates (subject to hydrolysis) is 1. The fourth-order valence-corrected chi connectivity index (χ4v) is 3.86. The van der Waals surface area contributed by atoms with Gasteiger partial charge in [0.25, 0.3) is 5.91 Å². The van der Waals surface area contributed by atoms with Gasteiger partial charge in [-0.2, -0.15) is 0 Å². The van der Waals surface area contributed by atoms with Crippen LogP contribution >= 0.6 is 0 Å². The van der Waals surface area contributed by atoms with Crippen LogP contribution in [0.3, 0.4) is 0 Å². The van der Waals surface area contributed by atoms with Crippen LogP contribution in [0.5, 0.6) is 0 Å². The summed E-state index contributed by atoms with van der Waals surface area (Å²) in [7, 11) is 0. The lowest BCUT2D eigenvalue weighted by Crippen LogP contribution is -2.50. The van der Waals surface area contributed by atoms with E-state index in [0.717, 1.165) is 0 Å². The molecule has 0 aromatic heterocycles. The number of amides is 5. The van der Waals surface area contributed by atoms with Gasteiger partial charge < -0.3 is 41.2 Å². The fraction of sp³-hybridized carbons (Fsp3) is 0.438. The summed E-state index contributed by atoms with van der Waals surface area (Å²) < 4.78 is 10.6. The van der Waals surface area contributed by atoms with Gasteiger partial charge in [-0.1, -0.05) is 36.4 Å². The summed E-state index contributed by atoms with van der Waals surface area (Å²) in [6, 6.07) is 10.7. The minimum absolute atomic E-state index is 0.0364. The molecule has 2 aromatic rings. The van der Waals surface area contributed by atoms with Gasteiger partial charge in [-0.05, 0) is 71.7 Å². The van der Waals surface area contributed by atoms with Crippen LogP contribution in [0.25, 0.3) is 0 Å². The molecule has 2 aromatic carbocycles. The summed E-state index contributed by atoms with van der Waals surface area (Å²) in [6.45, 7) is 10.8. The van der Waals surface area contributed by atoms with E-state index >= 15 is 0 Å². The van der Waals surface area contributed by atoms with Crippen molar-refractivity contribution >= 4 is 41.6 Å². The van der Waals surface area contributed by atoms with Crippen molar-refractivity contribution in [3.63, 3.8) is 0 Å². The van der Waals surface area contributed by atoms with Crippen LogP contribution in [-0.4, -0.2) is 71.3 Å². The van der Waals surface area contributed by atoms with Crippen LogP contribution in [0.1, 0.15) is 76.3 Å². The molecule has 0 saturated carbocycles. The molecular weight excluding hydrogens is 598 g/mol. The van der Waals surface area contributed by atoms with E-state index in [2.05, 4.69) is 26.6 Å². The van der Waals surface area contributed by atoms with Crippen LogP contribution in [0.15, 0.2) is 54.6 Å². The molecule has 0 radical (unpaired) electrons. The lowest BCUT2D eigenvalue weighted by Gasteiger charge is -2.26. The first-order chi connectivity index (χ1) is 21.4. The highest BCUT2D eigenvalue weighted by molar-refractivity contribution is 6.00. The van der Waals surface area contributed by atoms with Gasteiger partial charge in [-0.25, -0.2) is 14.4 Å². The Morgan fingerprint density at radius 2 is 1.41 bits per heavy atom. The molecule has 0 aliphatic rings. The number of aliphatic carboxylic acids is 1. The molecule has 0 bridgehead atoms. The summed E-state index contributed by atoms with van der Waals surface area (Å²) in [5.74, 6) is -3.82. The predicted molar refractivity (Wildman–Crippen MR) is 169 cm³/mol. The third-order valence-electron chi connectivity index (χ3n) is 5.75. The highest BCUT2D eigenvalue weighted by Gasteiger charge is 2.32. The zero-order valence-electron chi connectivity index (χ0n) is 26.9. The van der Waals surface area contributed by atoms with Crippen LogP contribution in [0, 0.1) is 0 Å². The van der Waals surface area contributed by atoms with Crippen molar-refractivity contribution in [1.29, 1.82) is 0 Å². The monoisotopic (exact) mass is 641 g/mol. The number of ether oxygens (including phenoxy) is 2. The smallest absolute Gasteiger partial charge is 0.407 e. The van der Waals surface area contributed by atoms with Gasteiger partial charge >= 0.3 is 24.1 Å². The first kappa shape index (κ1) is 37.0. The molecule has 2 atom stereocenters. The number of carboxylic acids is 1. The number of benzene rings is 2. The average Bonchev–Trinajstić information content (AvgIpc) is 2.93. The minimum atomic E-state index is -1.55. The number of nitrogens with one attached hydrogen (secondary N) is 5. The van der Waals surface area contributed by atoms with E-state index in [0.29, 0.717) is 12.0 Å². The van der Waals surface area contributed by atoms with Gasteiger partial charge in [-0.15, -0.1) is 0 Å². The summed E-state index contributed by atoms with van der Waals surface area (Å²) in [5.41, 5.74) is -0.787. The lowest BCUT2D eigenvalue weighted by atomic mass is 10.0. The highest BCUT2D eigenvalue weighted by Crippen LogP contribution is 2.19. The molecule has 2 rings (SSSR count). The van der Waals surface area contributed by atoms with Crippen molar-refractivity contribution in [3.8, 4) is 0 Å². The molecule has 14 heteroatoms. The predicted octanol–water partition coefficient (Wildman–Crippen LogP) is 3.50. The summed E-state index contributed by atoms with van der Waals surface area (Å²) in [4.78, 5) is 75.0. The molecule has 0 saturated heterocycles. The van der Waals surface area contributed by atoms with Crippen molar-refractivity contribution in [2.75, 3.05) is 18.4 Å². The maximum atomic E-state index is 13.3. The number of rotatable bonds is 13.